The first-order valence-corrected chi connectivity index (χ1v) is 4.69. The summed E-state index contributed by atoms with van der Waals surface area (Å²) in [5.41, 5.74) is 7.49. The number of pyridine rings is 1. The minimum absolute atomic E-state index is 0.628. The Hall–Kier alpha value is -1.61. The number of nitrogens with two attached hydrogens (primary N) is 1. The molecule has 3 heteroatoms. The van der Waals surface area contributed by atoms with Gasteiger partial charge in [0, 0.05) is 24.7 Å². The largest absolute Gasteiger partial charge is 0.382 e. The van der Waals surface area contributed by atoms with Crippen molar-refractivity contribution in [2.24, 2.45) is 5.73 Å². The van der Waals surface area contributed by atoms with E-state index in [1.165, 1.54) is 0 Å². The van der Waals surface area contributed by atoms with Gasteiger partial charge in [0.2, 0.25) is 0 Å². The fourth-order valence-electron chi connectivity index (χ4n) is 1.45. The number of nitrogens with one attached hydrogen (secondary N) is 1. The first-order valence-electron chi connectivity index (χ1n) is 4.69. The topological polar surface area (TPSA) is 50.9 Å². The first kappa shape index (κ1) is 8.97. The zero-order valence-electron chi connectivity index (χ0n) is 7.90. The summed E-state index contributed by atoms with van der Waals surface area (Å²) in [5.74, 6) is 0. The van der Waals surface area contributed by atoms with Gasteiger partial charge in [-0.3, -0.25) is 4.98 Å². The highest BCUT2D eigenvalue weighted by molar-refractivity contribution is 5.90. The molecule has 0 unspecified atom stereocenters. The van der Waals surface area contributed by atoms with E-state index in [4.69, 9.17) is 5.73 Å². The van der Waals surface area contributed by atoms with Gasteiger partial charge in [-0.25, -0.2) is 0 Å². The number of hydrogen-bond donors (Lipinski definition) is 2. The second kappa shape index (κ2) is 4.07. The third kappa shape index (κ3) is 1.67. The lowest BCUT2D eigenvalue weighted by atomic mass is 10.2. The summed E-state index contributed by atoms with van der Waals surface area (Å²) in [5, 5.41) is 4.40. The van der Waals surface area contributed by atoms with Crippen molar-refractivity contribution in [3.8, 4) is 0 Å². The number of para-hydroxylation sites is 1. The molecule has 0 spiro atoms. The van der Waals surface area contributed by atoms with Crippen molar-refractivity contribution in [3.63, 3.8) is 0 Å². The Morgan fingerprint density at radius 2 is 2.07 bits per heavy atom. The summed E-state index contributed by atoms with van der Waals surface area (Å²) in [6.07, 6.45) is 1.80. The third-order valence-electron chi connectivity index (χ3n) is 2.09. The molecule has 0 bridgehead atoms. The molecule has 1 aromatic carbocycles. The van der Waals surface area contributed by atoms with Crippen LogP contribution in [-0.2, 0) is 0 Å². The molecule has 1 heterocycles. The summed E-state index contributed by atoms with van der Waals surface area (Å²) in [6, 6.07) is 10.1. The highest BCUT2D eigenvalue weighted by Gasteiger charge is 1.98. The predicted octanol–water partition coefficient (Wildman–Crippen LogP) is 1.61. The average molecular weight is 187 g/mol. The molecule has 0 aliphatic heterocycles. The summed E-state index contributed by atoms with van der Waals surface area (Å²) in [7, 11) is 0. The van der Waals surface area contributed by atoms with Crippen LogP contribution in [0.5, 0.6) is 0 Å². The van der Waals surface area contributed by atoms with Gasteiger partial charge in [0.15, 0.2) is 0 Å². The highest BCUT2D eigenvalue weighted by atomic mass is 14.9. The van der Waals surface area contributed by atoms with Crippen molar-refractivity contribution in [1.29, 1.82) is 0 Å². The zero-order chi connectivity index (χ0) is 9.80. The van der Waals surface area contributed by atoms with E-state index in [1.807, 2.05) is 18.2 Å². The van der Waals surface area contributed by atoms with E-state index in [-0.39, 0.29) is 0 Å². The average Bonchev–Trinajstić information content (AvgIpc) is 2.26. The van der Waals surface area contributed by atoms with Gasteiger partial charge in [-0.15, -0.1) is 0 Å². The van der Waals surface area contributed by atoms with Gasteiger partial charge in [-0.1, -0.05) is 18.2 Å². The van der Waals surface area contributed by atoms with Crippen LogP contribution in [0.2, 0.25) is 0 Å². The summed E-state index contributed by atoms with van der Waals surface area (Å²) < 4.78 is 0. The van der Waals surface area contributed by atoms with Crippen LogP contribution in [0.3, 0.4) is 0 Å². The second-order valence-corrected chi connectivity index (χ2v) is 3.10. The maximum absolute atomic E-state index is 5.44. The monoisotopic (exact) mass is 187 g/mol. The standard InChI is InChI=1S/C11H13N3/c12-6-8-13-10-5-1-3-9-4-2-7-14-11(9)10/h1-5,7,13H,6,8,12H2. The van der Waals surface area contributed by atoms with E-state index < -0.39 is 0 Å². The summed E-state index contributed by atoms with van der Waals surface area (Å²) in [4.78, 5) is 4.33. The second-order valence-electron chi connectivity index (χ2n) is 3.10. The van der Waals surface area contributed by atoms with Crippen LogP contribution in [0.4, 0.5) is 5.69 Å². The Labute approximate surface area is 83.0 Å². The molecule has 0 atom stereocenters. The van der Waals surface area contributed by atoms with Gasteiger partial charge in [0.25, 0.3) is 0 Å². The smallest absolute Gasteiger partial charge is 0.0933 e. The maximum Gasteiger partial charge on any atom is 0.0933 e. The van der Waals surface area contributed by atoms with Crippen molar-refractivity contribution in [1.82, 2.24) is 4.98 Å². The fraction of sp³-hybridized carbons (Fsp3) is 0.182. The van der Waals surface area contributed by atoms with Crippen LogP contribution in [0.15, 0.2) is 36.5 Å². The van der Waals surface area contributed by atoms with Crippen molar-refractivity contribution in [2.75, 3.05) is 18.4 Å². The number of benzene rings is 1. The van der Waals surface area contributed by atoms with E-state index in [1.54, 1.807) is 6.20 Å². The predicted molar refractivity (Wildman–Crippen MR) is 59.3 cm³/mol. The van der Waals surface area contributed by atoms with Crippen LogP contribution < -0.4 is 11.1 Å². The molecule has 1 aromatic heterocycles. The summed E-state index contributed by atoms with van der Waals surface area (Å²) >= 11 is 0. The molecular formula is C11H13N3. The first-order chi connectivity index (χ1) is 6.92. The normalized spacial score (nSPS) is 10.4. The zero-order valence-corrected chi connectivity index (χ0v) is 7.90. The molecule has 0 aliphatic carbocycles. The van der Waals surface area contributed by atoms with E-state index in [9.17, 15) is 0 Å². The van der Waals surface area contributed by atoms with Gasteiger partial charge >= 0.3 is 0 Å². The SMILES string of the molecule is NCCNc1cccc2cccnc12. The number of nitrogens with zero attached hydrogens (tertiary/aromatic N) is 1. The van der Waals surface area contributed by atoms with E-state index in [0.717, 1.165) is 23.1 Å². The third-order valence-corrected chi connectivity index (χ3v) is 2.09. The number of aromatic nitrogens is 1. The Bertz CT molecular complexity index is 420. The van der Waals surface area contributed by atoms with E-state index >= 15 is 0 Å². The number of fused-ring (bicyclic) bond motifs is 1. The number of rotatable bonds is 3. The lowest BCUT2D eigenvalue weighted by Gasteiger charge is -2.06. The maximum atomic E-state index is 5.44. The molecule has 14 heavy (non-hydrogen) atoms. The molecule has 2 rings (SSSR count). The molecule has 2 aromatic rings. The molecule has 0 aliphatic rings. The van der Waals surface area contributed by atoms with Crippen LogP contribution in [-0.4, -0.2) is 18.1 Å². The van der Waals surface area contributed by atoms with Gasteiger partial charge in [-0.05, 0) is 12.1 Å². The lowest BCUT2D eigenvalue weighted by Crippen LogP contribution is -2.13. The minimum Gasteiger partial charge on any atom is -0.382 e. The lowest BCUT2D eigenvalue weighted by molar-refractivity contribution is 1.03. The Kier molecular flexibility index (Phi) is 2.60. The van der Waals surface area contributed by atoms with Crippen LogP contribution >= 0.6 is 0 Å². The fourth-order valence-corrected chi connectivity index (χ4v) is 1.45. The summed E-state index contributed by atoms with van der Waals surface area (Å²) in [6.45, 7) is 1.40. The van der Waals surface area contributed by atoms with Crippen molar-refractivity contribution in [2.45, 2.75) is 0 Å². The molecule has 3 N–H and O–H groups in total. The number of anilines is 1. The van der Waals surface area contributed by atoms with E-state index in [0.29, 0.717) is 6.54 Å². The quantitative estimate of drug-likeness (QED) is 0.767. The molecule has 0 amide bonds. The van der Waals surface area contributed by atoms with Gasteiger partial charge in [0.05, 0.1) is 11.2 Å². The van der Waals surface area contributed by atoms with Gasteiger partial charge < -0.3 is 11.1 Å². The van der Waals surface area contributed by atoms with Gasteiger partial charge in [0.1, 0.15) is 0 Å². The molecular weight excluding hydrogens is 174 g/mol. The van der Waals surface area contributed by atoms with Crippen LogP contribution in [0.1, 0.15) is 0 Å². The van der Waals surface area contributed by atoms with Crippen molar-refractivity contribution >= 4 is 16.6 Å². The number of hydrogen-bond acceptors (Lipinski definition) is 3. The van der Waals surface area contributed by atoms with Crippen LogP contribution in [0.25, 0.3) is 10.9 Å². The molecule has 0 fully saturated rings. The molecule has 72 valence electrons. The molecule has 0 saturated heterocycles. The van der Waals surface area contributed by atoms with Crippen molar-refractivity contribution < 1.29 is 0 Å². The highest BCUT2D eigenvalue weighted by Crippen LogP contribution is 2.19. The Morgan fingerprint density at radius 1 is 1.21 bits per heavy atom. The van der Waals surface area contributed by atoms with Gasteiger partial charge in [-0.2, -0.15) is 0 Å². The Morgan fingerprint density at radius 3 is 2.93 bits per heavy atom. The van der Waals surface area contributed by atoms with E-state index in [2.05, 4.69) is 22.4 Å². The van der Waals surface area contributed by atoms with Crippen LogP contribution in [0, 0.1) is 0 Å². The molecule has 0 radical (unpaired) electrons. The molecule has 0 saturated carbocycles. The Balaban J connectivity index is 2.43. The molecule has 3 nitrogen and oxygen atoms in total. The minimum atomic E-state index is 0.628. The van der Waals surface area contributed by atoms with Crippen molar-refractivity contribution in [3.05, 3.63) is 36.5 Å².